The van der Waals surface area contributed by atoms with Crippen molar-refractivity contribution in [3.63, 3.8) is 0 Å². The molecular formula is C6H7BrF2N2O. The second-order valence-electron chi connectivity index (χ2n) is 2.16. The van der Waals surface area contributed by atoms with Crippen LogP contribution in [0.25, 0.3) is 0 Å². The molecule has 1 rings (SSSR count). The van der Waals surface area contributed by atoms with Crippen molar-refractivity contribution in [2.24, 2.45) is 0 Å². The molecule has 0 aromatic carbocycles. The largest absolute Gasteiger partial charge is 0.419 e. The third-order valence-electron chi connectivity index (χ3n) is 1.27. The average Bonchev–Trinajstić information content (AvgIpc) is 2.51. The van der Waals surface area contributed by atoms with Crippen LogP contribution in [0.3, 0.4) is 0 Å². The first kappa shape index (κ1) is 9.57. The van der Waals surface area contributed by atoms with Crippen LogP contribution in [0.4, 0.5) is 8.78 Å². The Labute approximate surface area is 76.3 Å². The summed E-state index contributed by atoms with van der Waals surface area (Å²) in [6, 6.07) is 0. The van der Waals surface area contributed by atoms with E-state index in [1.807, 2.05) is 6.92 Å². The third kappa shape index (κ3) is 2.00. The van der Waals surface area contributed by atoms with Gasteiger partial charge < -0.3 is 4.42 Å². The lowest BCUT2D eigenvalue weighted by atomic mass is 10.3. The summed E-state index contributed by atoms with van der Waals surface area (Å²) in [4.78, 5) is -0.141. The lowest BCUT2D eigenvalue weighted by Crippen LogP contribution is -1.86. The minimum atomic E-state index is -2.69. The molecule has 6 heteroatoms. The molecule has 0 aliphatic heterocycles. The molecule has 0 N–H and O–H groups in total. The van der Waals surface area contributed by atoms with Crippen molar-refractivity contribution in [1.82, 2.24) is 10.2 Å². The minimum absolute atomic E-state index is 0.141. The van der Waals surface area contributed by atoms with Gasteiger partial charge in [-0.25, -0.2) is 0 Å². The maximum absolute atomic E-state index is 11.9. The molecule has 1 aromatic heterocycles. The summed E-state index contributed by atoms with van der Waals surface area (Å²) in [5.41, 5.74) is 0. The molecule has 0 fully saturated rings. The van der Waals surface area contributed by atoms with E-state index in [1.54, 1.807) is 0 Å². The number of rotatable bonds is 3. The molecule has 0 radical (unpaired) electrons. The second kappa shape index (κ2) is 3.93. The van der Waals surface area contributed by atoms with E-state index in [-0.39, 0.29) is 10.7 Å². The maximum Gasteiger partial charge on any atom is 0.314 e. The summed E-state index contributed by atoms with van der Waals surface area (Å²) in [7, 11) is 0. The Morgan fingerprint density at radius 1 is 1.42 bits per heavy atom. The summed E-state index contributed by atoms with van der Waals surface area (Å²) in [5, 5.41) is 6.65. The first-order chi connectivity index (χ1) is 5.65. The number of hydrogen-bond acceptors (Lipinski definition) is 3. The highest BCUT2D eigenvalue weighted by molar-refractivity contribution is 9.09. The number of alkyl halides is 3. The third-order valence-corrected chi connectivity index (χ3v) is 2.31. The molecule has 0 saturated heterocycles. The summed E-state index contributed by atoms with van der Waals surface area (Å²) in [6.45, 7) is 1.88. The molecule has 1 heterocycles. The van der Waals surface area contributed by atoms with Crippen molar-refractivity contribution in [2.75, 3.05) is 0 Å². The zero-order valence-corrected chi connectivity index (χ0v) is 7.88. The molecule has 68 valence electrons. The summed E-state index contributed by atoms with van der Waals surface area (Å²) < 4.78 is 28.6. The predicted octanol–water partition coefficient (Wildman–Crippen LogP) is 2.85. The first-order valence-electron chi connectivity index (χ1n) is 3.40. The fourth-order valence-electron chi connectivity index (χ4n) is 0.636. The van der Waals surface area contributed by atoms with E-state index >= 15 is 0 Å². The molecule has 0 bridgehead atoms. The van der Waals surface area contributed by atoms with Gasteiger partial charge in [0.25, 0.3) is 5.89 Å². The zero-order chi connectivity index (χ0) is 9.14. The molecule has 12 heavy (non-hydrogen) atoms. The molecular weight excluding hydrogens is 234 g/mol. The monoisotopic (exact) mass is 240 g/mol. The molecule has 1 unspecified atom stereocenters. The predicted molar refractivity (Wildman–Crippen MR) is 41.2 cm³/mol. The van der Waals surface area contributed by atoms with E-state index < -0.39 is 12.3 Å². The van der Waals surface area contributed by atoms with Crippen molar-refractivity contribution in [3.8, 4) is 0 Å². The van der Waals surface area contributed by atoms with Crippen LogP contribution in [0.5, 0.6) is 0 Å². The number of aromatic nitrogens is 2. The number of hydrogen-bond donors (Lipinski definition) is 0. The summed E-state index contributed by atoms with van der Waals surface area (Å²) >= 11 is 3.21. The molecule has 3 nitrogen and oxygen atoms in total. The highest BCUT2D eigenvalue weighted by atomic mass is 79.9. The van der Waals surface area contributed by atoms with Gasteiger partial charge in [0.1, 0.15) is 0 Å². The van der Waals surface area contributed by atoms with Crippen LogP contribution in [0.15, 0.2) is 4.42 Å². The van der Waals surface area contributed by atoms with Gasteiger partial charge in [0.2, 0.25) is 5.89 Å². The SMILES string of the molecule is CCC(Br)c1nnc(C(F)F)o1. The van der Waals surface area contributed by atoms with Gasteiger partial charge in [-0.05, 0) is 6.42 Å². The van der Waals surface area contributed by atoms with Crippen LogP contribution in [-0.4, -0.2) is 10.2 Å². The van der Waals surface area contributed by atoms with Crippen LogP contribution in [0.1, 0.15) is 36.4 Å². The second-order valence-corrected chi connectivity index (χ2v) is 3.26. The Morgan fingerprint density at radius 3 is 2.42 bits per heavy atom. The average molecular weight is 241 g/mol. The maximum atomic E-state index is 11.9. The van der Waals surface area contributed by atoms with Crippen molar-refractivity contribution in [1.29, 1.82) is 0 Å². The van der Waals surface area contributed by atoms with E-state index in [4.69, 9.17) is 0 Å². The van der Waals surface area contributed by atoms with Crippen molar-refractivity contribution >= 4 is 15.9 Å². The number of halogens is 3. The fraction of sp³-hybridized carbons (Fsp3) is 0.667. The van der Waals surface area contributed by atoms with Gasteiger partial charge in [0.05, 0.1) is 4.83 Å². The smallest absolute Gasteiger partial charge is 0.314 e. The van der Waals surface area contributed by atoms with Gasteiger partial charge in [-0.15, -0.1) is 10.2 Å². The molecule has 0 amide bonds. The number of nitrogens with zero attached hydrogens (tertiary/aromatic N) is 2. The van der Waals surface area contributed by atoms with Crippen LogP contribution in [0, 0.1) is 0 Å². The van der Waals surface area contributed by atoms with Crippen LogP contribution in [-0.2, 0) is 0 Å². The highest BCUT2D eigenvalue weighted by Crippen LogP contribution is 2.26. The fourth-order valence-corrected chi connectivity index (χ4v) is 0.821. The van der Waals surface area contributed by atoms with Gasteiger partial charge in [0.15, 0.2) is 0 Å². The van der Waals surface area contributed by atoms with Crippen molar-refractivity contribution < 1.29 is 13.2 Å². The molecule has 0 aliphatic rings. The summed E-state index contributed by atoms with van der Waals surface area (Å²) in [5.74, 6) is -0.421. The summed E-state index contributed by atoms with van der Waals surface area (Å²) in [6.07, 6.45) is -1.98. The van der Waals surface area contributed by atoms with E-state index in [9.17, 15) is 8.78 Å². The Hall–Kier alpha value is -0.520. The molecule has 1 atom stereocenters. The molecule has 0 saturated carbocycles. The van der Waals surface area contributed by atoms with E-state index in [1.165, 1.54) is 0 Å². The Morgan fingerprint density at radius 2 is 2.00 bits per heavy atom. The van der Waals surface area contributed by atoms with Crippen LogP contribution < -0.4 is 0 Å². The Balaban J connectivity index is 2.77. The molecule has 0 spiro atoms. The standard InChI is InChI=1S/C6H7BrF2N2O/c1-2-3(7)5-10-11-6(12-5)4(8)9/h3-4H,2H2,1H3. The first-order valence-corrected chi connectivity index (χ1v) is 4.32. The molecule has 0 aliphatic carbocycles. The van der Waals surface area contributed by atoms with Gasteiger partial charge in [0, 0.05) is 0 Å². The van der Waals surface area contributed by atoms with E-state index in [0.717, 1.165) is 0 Å². The van der Waals surface area contributed by atoms with E-state index in [0.29, 0.717) is 6.42 Å². The lowest BCUT2D eigenvalue weighted by molar-refractivity contribution is 0.113. The van der Waals surface area contributed by atoms with Crippen molar-refractivity contribution in [2.45, 2.75) is 24.6 Å². The van der Waals surface area contributed by atoms with Crippen LogP contribution in [0.2, 0.25) is 0 Å². The van der Waals surface area contributed by atoms with Crippen molar-refractivity contribution in [3.05, 3.63) is 11.8 Å². The van der Waals surface area contributed by atoms with Gasteiger partial charge in [-0.1, -0.05) is 22.9 Å². The van der Waals surface area contributed by atoms with Gasteiger partial charge in [-0.3, -0.25) is 0 Å². The van der Waals surface area contributed by atoms with Gasteiger partial charge >= 0.3 is 6.43 Å². The zero-order valence-electron chi connectivity index (χ0n) is 6.30. The lowest BCUT2D eigenvalue weighted by Gasteiger charge is -1.97. The normalized spacial score (nSPS) is 13.8. The topological polar surface area (TPSA) is 38.9 Å². The van der Waals surface area contributed by atoms with Gasteiger partial charge in [-0.2, -0.15) is 8.78 Å². The molecule has 1 aromatic rings. The highest BCUT2D eigenvalue weighted by Gasteiger charge is 2.19. The van der Waals surface area contributed by atoms with Crippen LogP contribution >= 0.6 is 15.9 Å². The minimum Gasteiger partial charge on any atom is -0.419 e. The Bertz CT molecular complexity index is 253. The Kier molecular flexibility index (Phi) is 3.13. The quantitative estimate of drug-likeness (QED) is 0.763. The van der Waals surface area contributed by atoms with E-state index in [2.05, 4.69) is 30.5 Å².